The second-order valence-corrected chi connectivity index (χ2v) is 13.0. The predicted molar refractivity (Wildman–Crippen MR) is 99.6 cm³/mol. The number of carbonyl (C=O) groups is 2. The van der Waals surface area contributed by atoms with E-state index in [0.29, 0.717) is 24.7 Å². The van der Waals surface area contributed by atoms with Crippen LogP contribution in [0.15, 0.2) is 0 Å². The van der Waals surface area contributed by atoms with E-state index in [1.807, 2.05) is 0 Å². The number of sulfone groups is 1. The molecule has 0 spiro atoms. The van der Waals surface area contributed by atoms with Gasteiger partial charge in [-0.3, -0.25) is 9.59 Å². The van der Waals surface area contributed by atoms with E-state index in [0.717, 1.165) is 19.3 Å². The van der Waals surface area contributed by atoms with Gasteiger partial charge in [-0.1, -0.05) is 15.9 Å². The Kier molecular flexibility index (Phi) is 4.66. The van der Waals surface area contributed by atoms with Crippen LogP contribution in [0.3, 0.4) is 0 Å². The summed E-state index contributed by atoms with van der Waals surface area (Å²) in [5.41, 5.74) is 0.0284. The molecule has 26 heavy (non-hydrogen) atoms. The predicted octanol–water partition coefficient (Wildman–Crippen LogP) is 1.96. The highest BCUT2D eigenvalue weighted by Crippen LogP contribution is 2.65. The summed E-state index contributed by atoms with van der Waals surface area (Å²) in [6.45, 7) is -0.322. The number of esters is 1. The smallest absolute Gasteiger partial charge is 0.306 e. The summed E-state index contributed by atoms with van der Waals surface area (Å²) in [6, 6.07) is -0.359. The van der Waals surface area contributed by atoms with E-state index in [4.69, 9.17) is 4.74 Å². The third-order valence-electron chi connectivity index (χ3n) is 6.59. The maximum atomic E-state index is 12.4. The molecule has 1 aliphatic heterocycles. The van der Waals surface area contributed by atoms with Crippen LogP contribution in [0.1, 0.15) is 51.4 Å². The van der Waals surface area contributed by atoms with Crippen LogP contribution in [0.4, 0.5) is 0 Å². The Bertz CT molecular complexity index is 707. The molecule has 1 amide bonds. The van der Waals surface area contributed by atoms with Crippen LogP contribution in [-0.2, 0) is 24.2 Å². The van der Waals surface area contributed by atoms with Crippen LogP contribution in [0, 0.1) is 17.3 Å². The first-order chi connectivity index (χ1) is 12.1. The minimum Gasteiger partial charge on any atom is -0.456 e. The van der Waals surface area contributed by atoms with Gasteiger partial charge in [0.05, 0.1) is 17.9 Å². The number of halogens is 1. The Morgan fingerprint density at radius 1 is 1.15 bits per heavy atom. The molecule has 5 fully saturated rings. The molecule has 1 N–H and O–H groups in total. The Hall–Kier alpha value is -0.630. The van der Waals surface area contributed by atoms with E-state index >= 15 is 0 Å². The van der Waals surface area contributed by atoms with Gasteiger partial charge in [0.25, 0.3) is 5.91 Å². The highest BCUT2D eigenvalue weighted by molar-refractivity contribution is 9.10. The third-order valence-corrected chi connectivity index (χ3v) is 9.29. The Labute approximate surface area is 162 Å². The molecule has 1 saturated heterocycles. The van der Waals surface area contributed by atoms with E-state index in [-0.39, 0.29) is 39.9 Å². The zero-order valence-corrected chi connectivity index (χ0v) is 17.2. The molecule has 5 aliphatic rings. The van der Waals surface area contributed by atoms with Crippen molar-refractivity contribution in [2.45, 2.75) is 61.7 Å². The molecule has 0 radical (unpaired) electrons. The summed E-state index contributed by atoms with van der Waals surface area (Å²) in [4.78, 5) is 24.3. The standard InChI is InChI=1S/C18H26BrNO5S/c19-18-6-12-3-13(7-18)5-17(4-12,11-18)8-16(22)25-9-15(21)20-14-1-2-26(23,24)10-14/h12-14H,1-11H2,(H,20,21)/t12-,13-,14-,17?,18?/m1/s1. The van der Waals surface area contributed by atoms with E-state index in [1.54, 1.807) is 0 Å². The average Bonchev–Trinajstić information content (AvgIpc) is 2.81. The lowest BCUT2D eigenvalue weighted by Crippen LogP contribution is -2.53. The van der Waals surface area contributed by atoms with Gasteiger partial charge in [0.2, 0.25) is 0 Å². The van der Waals surface area contributed by atoms with E-state index in [9.17, 15) is 18.0 Å². The molecule has 5 rings (SSSR count). The van der Waals surface area contributed by atoms with Crippen molar-refractivity contribution in [3.05, 3.63) is 0 Å². The van der Waals surface area contributed by atoms with Crippen molar-refractivity contribution in [1.29, 1.82) is 0 Å². The number of amides is 1. The molecule has 0 aromatic carbocycles. The summed E-state index contributed by atoms with van der Waals surface area (Å²) in [5.74, 6) is 0.773. The van der Waals surface area contributed by atoms with Crippen molar-refractivity contribution in [2.24, 2.45) is 17.3 Å². The van der Waals surface area contributed by atoms with Crippen LogP contribution in [-0.4, -0.2) is 48.8 Å². The molecular formula is C18H26BrNO5S. The normalized spacial score (nSPS) is 42.6. The molecule has 146 valence electrons. The molecule has 4 saturated carbocycles. The summed E-state index contributed by atoms with van der Waals surface area (Å²) in [6.07, 6.45) is 7.75. The third kappa shape index (κ3) is 3.96. The largest absolute Gasteiger partial charge is 0.456 e. The number of rotatable bonds is 5. The lowest BCUT2D eigenvalue weighted by molar-refractivity contribution is -0.154. The first-order valence-corrected chi connectivity index (χ1v) is 12.1. The van der Waals surface area contributed by atoms with Gasteiger partial charge in [-0.2, -0.15) is 0 Å². The van der Waals surface area contributed by atoms with Crippen LogP contribution >= 0.6 is 15.9 Å². The first kappa shape index (κ1) is 18.7. The topological polar surface area (TPSA) is 89.5 Å². The van der Waals surface area contributed by atoms with Gasteiger partial charge in [0.15, 0.2) is 16.4 Å². The van der Waals surface area contributed by atoms with Crippen molar-refractivity contribution in [2.75, 3.05) is 18.1 Å². The van der Waals surface area contributed by atoms with Crippen molar-refractivity contribution in [3.8, 4) is 0 Å². The van der Waals surface area contributed by atoms with Crippen molar-refractivity contribution in [3.63, 3.8) is 0 Å². The maximum absolute atomic E-state index is 12.4. The van der Waals surface area contributed by atoms with Gasteiger partial charge < -0.3 is 10.1 Å². The zero-order chi connectivity index (χ0) is 18.6. The number of hydrogen-bond donors (Lipinski definition) is 1. The lowest BCUT2D eigenvalue weighted by atomic mass is 9.49. The Morgan fingerprint density at radius 3 is 2.42 bits per heavy atom. The minimum absolute atomic E-state index is 0.0219. The molecule has 0 aromatic rings. The minimum atomic E-state index is -3.04. The summed E-state index contributed by atoms with van der Waals surface area (Å²) in [5, 5.41) is 2.65. The number of carbonyl (C=O) groups excluding carboxylic acids is 2. The van der Waals surface area contributed by atoms with Crippen LogP contribution in [0.25, 0.3) is 0 Å². The van der Waals surface area contributed by atoms with Gasteiger partial charge in [0, 0.05) is 10.4 Å². The second-order valence-electron chi connectivity index (χ2n) is 9.12. The molecule has 4 aliphatic carbocycles. The molecule has 6 nitrogen and oxygen atoms in total. The van der Waals surface area contributed by atoms with Crippen molar-refractivity contribution < 1.29 is 22.7 Å². The SMILES string of the molecule is O=C(COC(=O)CC12C[C@H]3C[C@@H](CC(Br)(C3)C1)C2)N[C@@H]1CCS(=O)(=O)C1. The zero-order valence-electron chi connectivity index (χ0n) is 14.8. The van der Waals surface area contributed by atoms with Crippen LogP contribution < -0.4 is 5.32 Å². The number of alkyl halides is 1. The van der Waals surface area contributed by atoms with Gasteiger partial charge in [-0.15, -0.1) is 0 Å². The van der Waals surface area contributed by atoms with E-state index in [1.165, 1.54) is 19.3 Å². The van der Waals surface area contributed by atoms with E-state index in [2.05, 4.69) is 21.2 Å². The van der Waals surface area contributed by atoms with E-state index < -0.39 is 15.7 Å². The number of hydrogen-bond acceptors (Lipinski definition) is 5. The van der Waals surface area contributed by atoms with Crippen molar-refractivity contribution in [1.82, 2.24) is 5.32 Å². The average molecular weight is 448 g/mol. The highest BCUT2D eigenvalue weighted by atomic mass is 79.9. The monoisotopic (exact) mass is 447 g/mol. The molecule has 0 aromatic heterocycles. The number of nitrogens with one attached hydrogen (secondary N) is 1. The molecule has 0 unspecified atom stereocenters. The van der Waals surface area contributed by atoms with Crippen LogP contribution in [0.2, 0.25) is 0 Å². The van der Waals surface area contributed by atoms with Crippen LogP contribution in [0.5, 0.6) is 0 Å². The fraction of sp³-hybridized carbons (Fsp3) is 0.889. The van der Waals surface area contributed by atoms with Gasteiger partial charge in [-0.05, 0) is 62.2 Å². The molecule has 8 heteroatoms. The first-order valence-electron chi connectivity index (χ1n) is 9.49. The fourth-order valence-corrected chi connectivity index (χ4v) is 9.41. The Morgan fingerprint density at radius 2 is 1.85 bits per heavy atom. The molecular weight excluding hydrogens is 422 g/mol. The Balaban J connectivity index is 1.26. The van der Waals surface area contributed by atoms with Gasteiger partial charge in [0.1, 0.15) is 0 Å². The fourth-order valence-electron chi connectivity index (χ4n) is 6.22. The van der Waals surface area contributed by atoms with Crippen molar-refractivity contribution >= 4 is 37.6 Å². The van der Waals surface area contributed by atoms with Gasteiger partial charge >= 0.3 is 5.97 Å². The summed E-state index contributed by atoms with van der Waals surface area (Å²) >= 11 is 3.94. The highest BCUT2D eigenvalue weighted by Gasteiger charge is 2.57. The quantitative estimate of drug-likeness (QED) is 0.513. The summed E-state index contributed by atoms with van der Waals surface area (Å²) < 4.78 is 28.3. The summed E-state index contributed by atoms with van der Waals surface area (Å²) in [7, 11) is -3.04. The second kappa shape index (κ2) is 6.47. The number of ether oxygens (including phenoxy) is 1. The maximum Gasteiger partial charge on any atom is 0.306 e. The molecule has 3 atom stereocenters. The molecule has 4 bridgehead atoms. The van der Waals surface area contributed by atoms with Gasteiger partial charge in [-0.25, -0.2) is 8.42 Å². The lowest BCUT2D eigenvalue weighted by Gasteiger charge is -2.60. The molecule has 1 heterocycles.